The van der Waals surface area contributed by atoms with Gasteiger partial charge in [0.2, 0.25) is 5.91 Å². The Hall–Kier alpha value is -1.30. The van der Waals surface area contributed by atoms with Crippen molar-refractivity contribution < 1.29 is 19.4 Å². The molecule has 3 unspecified atom stereocenters. The number of fused-ring (bicyclic) bond motifs is 5. The Bertz CT molecular complexity index is 994. The highest BCUT2D eigenvalue weighted by Crippen LogP contribution is 2.68. The quantitative estimate of drug-likeness (QED) is 0.103. The van der Waals surface area contributed by atoms with Crippen molar-refractivity contribution in [2.75, 3.05) is 52.9 Å². The lowest BCUT2D eigenvalue weighted by Crippen LogP contribution is -2.71. The van der Waals surface area contributed by atoms with Crippen LogP contribution in [0.15, 0.2) is 0 Å². The molecule has 266 valence electrons. The predicted octanol–water partition coefficient (Wildman–Crippen LogP) is 2.75. The van der Waals surface area contributed by atoms with Crippen LogP contribution in [0.2, 0.25) is 0 Å². The van der Waals surface area contributed by atoms with Crippen LogP contribution in [0.3, 0.4) is 0 Å². The van der Waals surface area contributed by atoms with Crippen molar-refractivity contribution in [3.63, 3.8) is 0 Å². The van der Waals surface area contributed by atoms with Gasteiger partial charge in [0.25, 0.3) is 0 Å². The molecule has 10 nitrogen and oxygen atoms in total. The molecule has 0 aromatic rings. The van der Waals surface area contributed by atoms with E-state index >= 15 is 0 Å². The molecule has 46 heavy (non-hydrogen) atoms. The van der Waals surface area contributed by atoms with Crippen LogP contribution >= 0.6 is 0 Å². The van der Waals surface area contributed by atoms with E-state index in [-0.39, 0.29) is 34.9 Å². The van der Waals surface area contributed by atoms with Gasteiger partial charge in [0.15, 0.2) is 0 Å². The maximum Gasteiger partial charge on any atom is 0.325 e. The molecule has 0 radical (unpaired) electrons. The van der Waals surface area contributed by atoms with Crippen molar-refractivity contribution in [3.05, 3.63) is 0 Å². The Labute approximate surface area is 279 Å². The Kier molecular flexibility index (Phi) is 13.4. The third-order valence-electron chi connectivity index (χ3n) is 13.6. The largest absolute Gasteiger partial charge is 0.468 e. The molecule has 0 bridgehead atoms. The fraction of sp³-hybridized carbons (Fsp3) is 0.944. The summed E-state index contributed by atoms with van der Waals surface area (Å²) >= 11 is 0. The van der Waals surface area contributed by atoms with E-state index in [1.54, 1.807) is 0 Å². The highest BCUT2D eigenvalue weighted by atomic mass is 16.5. The van der Waals surface area contributed by atoms with E-state index in [4.69, 9.17) is 17.2 Å². The normalized spacial score (nSPS) is 37.7. The van der Waals surface area contributed by atoms with Crippen LogP contribution in [0, 0.1) is 40.4 Å². The number of aliphatic hydroxyl groups is 1. The molecule has 4 saturated carbocycles. The molecule has 0 spiro atoms. The minimum absolute atomic E-state index is 0.0408. The molecule has 10 heteroatoms. The Morgan fingerprint density at radius 1 is 0.978 bits per heavy atom. The molecule has 9 N–H and O–H groups in total. The first-order chi connectivity index (χ1) is 21.9. The fourth-order valence-corrected chi connectivity index (χ4v) is 11.0. The predicted molar refractivity (Wildman–Crippen MR) is 184 cm³/mol. The van der Waals surface area contributed by atoms with Gasteiger partial charge in [0.05, 0.1) is 13.2 Å². The van der Waals surface area contributed by atoms with Gasteiger partial charge >= 0.3 is 5.97 Å². The second kappa shape index (κ2) is 16.4. The van der Waals surface area contributed by atoms with E-state index in [9.17, 15) is 14.7 Å². The highest BCUT2D eigenvalue weighted by Gasteiger charge is 2.66. The van der Waals surface area contributed by atoms with Gasteiger partial charge in [-0.05, 0) is 157 Å². The number of methoxy groups -OCH3 is 1. The summed E-state index contributed by atoms with van der Waals surface area (Å²) in [6.07, 6.45) is 12.6. The molecule has 0 saturated heterocycles. The third-order valence-corrected chi connectivity index (χ3v) is 13.6. The van der Waals surface area contributed by atoms with E-state index in [1.807, 2.05) is 0 Å². The van der Waals surface area contributed by atoms with Crippen molar-refractivity contribution in [3.8, 4) is 0 Å². The van der Waals surface area contributed by atoms with Gasteiger partial charge in [-0.3, -0.25) is 9.59 Å². The summed E-state index contributed by atoms with van der Waals surface area (Å²) in [5.41, 5.74) is 18.8. The van der Waals surface area contributed by atoms with Crippen LogP contribution in [0.5, 0.6) is 0 Å². The summed E-state index contributed by atoms with van der Waals surface area (Å²) in [7, 11) is 1.33. The average molecular weight is 649 g/mol. The van der Waals surface area contributed by atoms with Crippen LogP contribution in [0.1, 0.15) is 104 Å². The maximum atomic E-state index is 12.4. The van der Waals surface area contributed by atoms with Crippen molar-refractivity contribution in [1.82, 2.24) is 15.5 Å². The van der Waals surface area contributed by atoms with Crippen LogP contribution in [0.4, 0.5) is 0 Å². The molecule has 0 heterocycles. The number of hydrogen-bond acceptors (Lipinski definition) is 9. The molecule has 4 fully saturated rings. The number of nitrogens with zero attached hydrogens (tertiary/aromatic N) is 1. The lowest BCUT2D eigenvalue weighted by Gasteiger charge is -2.66. The lowest BCUT2D eigenvalue weighted by molar-refractivity contribution is -0.175. The number of ether oxygens (including phenoxy) is 1. The molecular weight excluding hydrogens is 580 g/mol. The first-order valence-electron chi connectivity index (χ1n) is 18.6. The standard InChI is InChI=1S/C36H68N6O4/c1-25(8-11-31(44)41-24-32(45)46-4)27-9-10-28-33-29(13-14-34(27,28)2)35(3)15-12-26(22-36(35,39)23-30(33)43)40-18-7-21-42(19-5-16-37)20-6-17-38/h25-30,33,40,43H,5-24,37-39H2,1-4H3,(H,41,44)/t25-,26+,27-,28?,29?,30-,33?,34-,35-,36-/m1/s1. The van der Waals surface area contributed by atoms with E-state index in [0.29, 0.717) is 48.5 Å². The zero-order chi connectivity index (χ0) is 33.5. The van der Waals surface area contributed by atoms with Crippen LogP contribution in [0.25, 0.3) is 0 Å². The first-order valence-corrected chi connectivity index (χ1v) is 18.6. The SMILES string of the molecule is COC(=O)CNC(=O)CC[C@@H](C)[C@H]1CCC2C3C(CC[C@@]21C)[C@@]1(C)CC[C@H](NCCCN(CCCN)CCCN)C[C@@]1(N)C[C@H]3O. The summed E-state index contributed by atoms with van der Waals surface area (Å²) in [5.74, 6) is 1.70. The van der Waals surface area contributed by atoms with Crippen LogP contribution in [-0.2, 0) is 14.3 Å². The number of esters is 1. The van der Waals surface area contributed by atoms with Crippen molar-refractivity contribution in [1.29, 1.82) is 0 Å². The number of nitrogens with two attached hydrogens (primary N) is 3. The van der Waals surface area contributed by atoms with E-state index in [0.717, 1.165) is 103 Å². The summed E-state index contributed by atoms with van der Waals surface area (Å²) in [6.45, 7) is 12.8. The van der Waals surface area contributed by atoms with Gasteiger partial charge in [0.1, 0.15) is 6.54 Å². The minimum atomic E-state index is -0.425. The third kappa shape index (κ3) is 8.11. The Morgan fingerprint density at radius 3 is 2.35 bits per heavy atom. The lowest BCUT2D eigenvalue weighted by atomic mass is 9.41. The van der Waals surface area contributed by atoms with Gasteiger partial charge in [-0.2, -0.15) is 0 Å². The molecule has 4 aliphatic carbocycles. The number of hydrogen-bond donors (Lipinski definition) is 6. The fourth-order valence-electron chi connectivity index (χ4n) is 11.0. The van der Waals surface area contributed by atoms with E-state index < -0.39 is 5.97 Å². The number of rotatable bonds is 17. The number of carbonyl (C=O) groups excluding carboxylic acids is 2. The number of aliphatic hydroxyl groups excluding tert-OH is 1. The molecule has 0 aromatic heterocycles. The Balaban J connectivity index is 1.32. The zero-order valence-electron chi connectivity index (χ0n) is 29.5. The zero-order valence-corrected chi connectivity index (χ0v) is 29.5. The van der Waals surface area contributed by atoms with E-state index in [2.05, 4.69) is 41.0 Å². The Morgan fingerprint density at radius 2 is 1.67 bits per heavy atom. The van der Waals surface area contributed by atoms with Gasteiger partial charge in [0, 0.05) is 18.0 Å². The van der Waals surface area contributed by atoms with Crippen LogP contribution < -0.4 is 27.8 Å². The van der Waals surface area contributed by atoms with Crippen molar-refractivity contribution >= 4 is 11.9 Å². The minimum Gasteiger partial charge on any atom is -0.468 e. The van der Waals surface area contributed by atoms with Crippen LogP contribution in [-0.4, -0.2) is 92.5 Å². The van der Waals surface area contributed by atoms with Gasteiger partial charge in [-0.15, -0.1) is 0 Å². The average Bonchev–Trinajstić information content (AvgIpc) is 3.39. The smallest absolute Gasteiger partial charge is 0.325 e. The van der Waals surface area contributed by atoms with E-state index in [1.165, 1.54) is 13.5 Å². The maximum absolute atomic E-state index is 12.4. The first kappa shape index (κ1) is 37.5. The molecule has 0 aliphatic heterocycles. The number of carbonyl (C=O) groups is 2. The van der Waals surface area contributed by atoms with Gasteiger partial charge < -0.3 is 42.6 Å². The summed E-state index contributed by atoms with van der Waals surface area (Å²) in [4.78, 5) is 26.3. The molecule has 4 aliphatic rings. The number of nitrogens with one attached hydrogen (secondary N) is 2. The van der Waals surface area contributed by atoms with Gasteiger partial charge in [-0.1, -0.05) is 20.8 Å². The van der Waals surface area contributed by atoms with Gasteiger partial charge in [-0.25, -0.2) is 0 Å². The molecule has 4 rings (SSSR count). The summed E-state index contributed by atoms with van der Waals surface area (Å²) < 4.78 is 4.64. The second-order valence-corrected chi connectivity index (χ2v) is 16.1. The monoisotopic (exact) mass is 649 g/mol. The van der Waals surface area contributed by atoms with Crippen molar-refractivity contribution in [2.24, 2.45) is 57.6 Å². The highest BCUT2D eigenvalue weighted by molar-refractivity contribution is 5.81. The molecule has 10 atom stereocenters. The summed E-state index contributed by atoms with van der Waals surface area (Å²) in [6, 6.07) is 0.402. The molecular formula is C36H68N6O4. The molecule has 0 aromatic carbocycles. The molecule has 1 amide bonds. The number of amides is 1. The topological polar surface area (TPSA) is 169 Å². The summed E-state index contributed by atoms with van der Waals surface area (Å²) in [5, 5.41) is 18.4. The van der Waals surface area contributed by atoms with Crippen molar-refractivity contribution in [2.45, 2.75) is 122 Å². The second-order valence-electron chi connectivity index (χ2n) is 16.1.